The molecule has 0 N–H and O–H groups in total. The van der Waals surface area contributed by atoms with Gasteiger partial charge in [0.2, 0.25) is 0 Å². The van der Waals surface area contributed by atoms with E-state index in [0.717, 1.165) is 12.8 Å². The number of unbranched alkanes of at least 4 members (excludes halogenated alkanes) is 8. The van der Waals surface area contributed by atoms with Crippen molar-refractivity contribution >= 4 is 10.1 Å². The molecule has 0 amide bonds. The molecule has 0 bridgehead atoms. The van der Waals surface area contributed by atoms with Gasteiger partial charge in [-0.05, 0) is 18.6 Å². The van der Waals surface area contributed by atoms with E-state index >= 15 is 0 Å². The fourth-order valence-electron chi connectivity index (χ4n) is 2.37. The van der Waals surface area contributed by atoms with Crippen LogP contribution in [0.25, 0.3) is 0 Å². The second kappa shape index (κ2) is 13.2. The second-order valence-corrected chi connectivity index (χ2v) is 6.93. The molecule has 0 spiro atoms. The van der Waals surface area contributed by atoms with E-state index in [4.69, 9.17) is 4.74 Å². The predicted molar refractivity (Wildman–Crippen MR) is 87.1 cm³/mol. The molecule has 6 heteroatoms. The van der Waals surface area contributed by atoms with Gasteiger partial charge in [0, 0.05) is 0 Å². The van der Waals surface area contributed by atoms with E-state index in [1.807, 2.05) is 0 Å². The summed E-state index contributed by atoms with van der Waals surface area (Å²) in [6, 6.07) is 6.00. The maximum Gasteiger partial charge on any atom is 1.00 e. The zero-order valence-corrected chi connectivity index (χ0v) is 17.2. The Morgan fingerprint density at radius 1 is 0.913 bits per heavy atom. The molecular formula is C17H27NaO4S. The maximum absolute atomic E-state index is 11.1. The fourth-order valence-corrected chi connectivity index (χ4v) is 2.99. The normalized spacial score (nSPS) is 11.0. The van der Waals surface area contributed by atoms with Gasteiger partial charge >= 0.3 is 29.6 Å². The smallest absolute Gasteiger partial charge is 0.744 e. The molecule has 1 aromatic rings. The molecule has 0 atom stereocenters. The second-order valence-electron chi connectivity index (χ2n) is 5.58. The van der Waals surface area contributed by atoms with Crippen molar-refractivity contribution in [2.75, 3.05) is 6.61 Å². The molecule has 1 rings (SSSR count). The van der Waals surface area contributed by atoms with Crippen molar-refractivity contribution in [2.45, 2.75) is 69.6 Å². The fraction of sp³-hybridized carbons (Fsp3) is 0.647. The third-order valence-electron chi connectivity index (χ3n) is 3.62. The van der Waals surface area contributed by atoms with E-state index in [1.54, 1.807) is 6.07 Å². The van der Waals surface area contributed by atoms with E-state index in [1.165, 1.54) is 63.1 Å². The Balaban J connectivity index is 0.00000484. The zero-order chi connectivity index (χ0) is 16.3. The van der Waals surface area contributed by atoms with Gasteiger partial charge in [0.1, 0.15) is 15.9 Å². The number of ether oxygens (including phenoxy) is 1. The molecule has 4 nitrogen and oxygen atoms in total. The molecule has 0 saturated carbocycles. The average molecular weight is 350 g/mol. The Labute approximate surface area is 163 Å². The zero-order valence-electron chi connectivity index (χ0n) is 14.4. The molecule has 0 saturated heterocycles. The molecule has 126 valence electrons. The Morgan fingerprint density at radius 3 is 2.00 bits per heavy atom. The van der Waals surface area contributed by atoms with Gasteiger partial charge in [-0.25, -0.2) is 8.42 Å². The summed E-state index contributed by atoms with van der Waals surface area (Å²) >= 11 is 0. The van der Waals surface area contributed by atoms with Gasteiger partial charge in [-0.3, -0.25) is 0 Å². The van der Waals surface area contributed by atoms with Gasteiger partial charge in [0.15, 0.2) is 0 Å². The van der Waals surface area contributed by atoms with Crippen LogP contribution in [0.3, 0.4) is 0 Å². The first-order valence-electron chi connectivity index (χ1n) is 8.23. The molecule has 1 aromatic carbocycles. The van der Waals surface area contributed by atoms with E-state index in [9.17, 15) is 13.0 Å². The summed E-state index contributed by atoms with van der Waals surface area (Å²) in [5.74, 6) is 0.164. The largest absolute Gasteiger partial charge is 1.00 e. The van der Waals surface area contributed by atoms with Crippen molar-refractivity contribution in [3.63, 3.8) is 0 Å². The van der Waals surface area contributed by atoms with Gasteiger partial charge < -0.3 is 9.29 Å². The number of rotatable bonds is 12. The van der Waals surface area contributed by atoms with Crippen molar-refractivity contribution in [1.82, 2.24) is 0 Å². The summed E-state index contributed by atoms with van der Waals surface area (Å²) in [5, 5.41) is 0. The number of hydrogen-bond acceptors (Lipinski definition) is 4. The van der Waals surface area contributed by atoms with Gasteiger partial charge in [-0.1, -0.05) is 70.4 Å². The minimum atomic E-state index is -4.47. The van der Waals surface area contributed by atoms with Gasteiger partial charge in [0.05, 0.1) is 11.5 Å². The van der Waals surface area contributed by atoms with Crippen molar-refractivity contribution < 1.29 is 47.3 Å². The molecule has 0 aromatic heterocycles. The van der Waals surface area contributed by atoms with Crippen molar-refractivity contribution in [1.29, 1.82) is 0 Å². The molecule has 0 aliphatic carbocycles. The summed E-state index contributed by atoms with van der Waals surface area (Å²) in [5.41, 5.74) is 0. The molecule has 0 radical (unpaired) electrons. The number of hydrogen-bond donors (Lipinski definition) is 0. The molecular weight excluding hydrogens is 323 g/mol. The van der Waals surface area contributed by atoms with Gasteiger partial charge in [-0.2, -0.15) is 0 Å². The summed E-state index contributed by atoms with van der Waals surface area (Å²) in [6.45, 7) is 2.67. The monoisotopic (exact) mass is 350 g/mol. The Bertz CT molecular complexity index is 517. The average Bonchev–Trinajstić information content (AvgIpc) is 2.48. The summed E-state index contributed by atoms with van der Waals surface area (Å²) in [7, 11) is -4.47. The molecule has 0 unspecified atom stereocenters. The van der Waals surface area contributed by atoms with E-state index in [-0.39, 0.29) is 40.2 Å². The van der Waals surface area contributed by atoms with Crippen molar-refractivity contribution in [3.8, 4) is 5.75 Å². The standard InChI is InChI=1S/C17H28O4S.Na/c1-2-3-4-5-6-7-8-9-12-15-21-16-13-10-11-14-17(16)22(18,19)20;/h10-11,13-14H,2-9,12,15H2,1H3,(H,18,19,20);/q;+1/p-1. The van der Waals surface area contributed by atoms with E-state index in [0.29, 0.717) is 6.61 Å². The Kier molecular flexibility index (Phi) is 13.2. The van der Waals surface area contributed by atoms with Crippen LogP contribution in [0.15, 0.2) is 29.2 Å². The topological polar surface area (TPSA) is 66.4 Å². The first kappa shape index (κ1) is 22.9. The van der Waals surface area contributed by atoms with Crippen LogP contribution in [-0.4, -0.2) is 19.6 Å². The maximum atomic E-state index is 11.1. The SMILES string of the molecule is CCCCCCCCCCCOc1ccccc1S(=O)(=O)[O-].[Na+]. The van der Waals surface area contributed by atoms with E-state index in [2.05, 4.69) is 6.92 Å². The molecule has 23 heavy (non-hydrogen) atoms. The van der Waals surface area contributed by atoms with Crippen molar-refractivity contribution in [3.05, 3.63) is 24.3 Å². The van der Waals surface area contributed by atoms with Crippen molar-refractivity contribution in [2.24, 2.45) is 0 Å². The van der Waals surface area contributed by atoms with Crippen LogP contribution in [0.5, 0.6) is 5.75 Å². The van der Waals surface area contributed by atoms with Crippen LogP contribution in [-0.2, 0) is 10.1 Å². The van der Waals surface area contributed by atoms with Crippen LogP contribution in [0, 0.1) is 0 Å². The first-order valence-corrected chi connectivity index (χ1v) is 9.64. The third-order valence-corrected chi connectivity index (χ3v) is 4.50. The van der Waals surface area contributed by atoms with Gasteiger partial charge in [0.25, 0.3) is 0 Å². The minimum absolute atomic E-state index is 0. The van der Waals surface area contributed by atoms with Crippen LogP contribution in [0.2, 0.25) is 0 Å². The Hall–Kier alpha value is -0.0700. The van der Waals surface area contributed by atoms with Gasteiger partial charge in [-0.15, -0.1) is 0 Å². The molecule has 0 heterocycles. The molecule has 0 aliphatic heterocycles. The number of benzene rings is 1. The third kappa shape index (κ3) is 10.4. The summed E-state index contributed by atoms with van der Waals surface area (Å²) < 4.78 is 38.7. The van der Waals surface area contributed by atoms with Crippen LogP contribution in [0.4, 0.5) is 0 Å². The summed E-state index contributed by atoms with van der Waals surface area (Å²) in [4.78, 5) is -0.272. The molecule has 0 fully saturated rings. The van der Waals surface area contributed by atoms with E-state index < -0.39 is 10.1 Å². The van der Waals surface area contributed by atoms with Crippen LogP contribution < -0.4 is 34.3 Å². The van der Waals surface area contributed by atoms with Crippen LogP contribution >= 0.6 is 0 Å². The quantitative estimate of drug-likeness (QED) is 0.326. The first-order chi connectivity index (χ1) is 10.6. The Morgan fingerprint density at radius 2 is 1.43 bits per heavy atom. The molecule has 0 aliphatic rings. The number of para-hydroxylation sites is 1. The minimum Gasteiger partial charge on any atom is -0.744 e. The van der Waals surface area contributed by atoms with Crippen LogP contribution in [0.1, 0.15) is 64.7 Å². The predicted octanol–water partition coefficient (Wildman–Crippen LogP) is 1.50. The summed E-state index contributed by atoms with van der Waals surface area (Å²) in [6.07, 6.45) is 10.9.